The van der Waals surface area contributed by atoms with Gasteiger partial charge in [0.15, 0.2) is 0 Å². The Balaban J connectivity index is 0.000000640. The van der Waals surface area contributed by atoms with Gasteiger partial charge in [0.2, 0.25) is 0 Å². The molecule has 0 spiro atoms. The number of hydrogen-bond donors (Lipinski definition) is 1. The monoisotopic (exact) mass is 291 g/mol. The van der Waals surface area contributed by atoms with Gasteiger partial charge in [-0.1, -0.05) is 6.20 Å². The van der Waals surface area contributed by atoms with Crippen molar-refractivity contribution in [1.82, 2.24) is 4.98 Å². The van der Waals surface area contributed by atoms with Gasteiger partial charge in [-0.25, -0.2) is 12.1 Å². The number of aromatic nitrogens is 1. The maximum atomic E-state index is 5.39. The summed E-state index contributed by atoms with van der Waals surface area (Å²) in [6.07, 6.45) is 1.56. The molecule has 9 heavy (non-hydrogen) atoms. The predicted octanol–water partition coefficient (Wildman–Crippen LogP) is 0.770. The smallest absolute Gasteiger partial charge is 0.0409 e. The van der Waals surface area contributed by atoms with Gasteiger partial charge in [-0.2, -0.15) is 5.56 Å². The van der Waals surface area contributed by atoms with E-state index in [4.69, 9.17) is 5.73 Å². The van der Waals surface area contributed by atoms with Gasteiger partial charge >= 0.3 is 0 Å². The van der Waals surface area contributed by atoms with E-state index >= 15 is 0 Å². The molecule has 1 heterocycles. The zero-order valence-electron chi connectivity index (χ0n) is 5.09. The molecule has 2 N–H and O–H groups in total. The molecule has 0 aliphatic carbocycles. The van der Waals surface area contributed by atoms with Crippen molar-refractivity contribution in [3.63, 3.8) is 0 Å². The molecule has 1 rings (SSSR count). The minimum Gasteiger partial charge on any atom is -0.398 e. The summed E-state index contributed by atoms with van der Waals surface area (Å²) in [7, 11) is 0. The van der Waals surface area contributed by atoms with Crippen molar-refractivity contribution >= 4 is 5.82 Å². The normalized spacial score (nSPS) is 8.11. The molecule has 3 heteroatoms. The Morgan fingerprint density at radius 3 is 2.67 bits per heavy atom. The number of pyridine rings is 1. The van der Waals surface area contributed by atoms with Crippen LogP contribution in [0.1, 0.15) is 5.56 Å². The average Bonchev–Trinajstić information content (AvgIpc) is 1.77. The number of nitrogen functional groups attached to an aromatic ring is 1. The van der Waals surface area contributed by atoms with Crippen LogP contribution >= 0.6 is 0 Å². The fourth-order valence-corrected chi connectivity index (χ4v) is 0.445. The minimum absolute atomic E-state index is 0. The van der Waals surface area contributed by atoms with Gasteiger partial charge in [-0.15, -0.1) is 6.92 Å². The van der Waals surface area contributed by atoms with Crippen LogP contribution in [-0.2, 0) is 21.1 Å². The topological polar surface area (TPSA) is 38.9 Å². The van der Waals surface area contributed by atoms with E-state index in [1.165, 1.54) is 0 Å². The van der Waals surface area contributed by atoms with Gasteiger partial charge < -0.3 is 5.73 Å². The summed E-state index contributed by atoms with van der Waals surface area (Å²) in [5.74, 6) is 0.587. The fourth-order valence-electron chi connectivity index (χ4n) is 0.445. The molecule has 1 aromatic heterocycles. The number of hydrogen-bond acceptors (Lipinski definition) is 2. The van der Waals surface area contributed by atoms with Crippen LogP contribution in [0.3, 0.4) is 0 Å². The van der Waals surface area contributed by atoms with E-state index in [0.29, 0.717) is 5.82 Å². The van der Waals surface area contributed by atoms with Crippen molar-refractivity contribution in [2.24, 2.45) is 0 Å². The zero-order valence-corrected chi connectivity index (χ0v) is 8.02. The fraction of sp³-hybridized carbons (Fsp3) is 0.167. The van der Waals surface area contributed by atoms with Crippen LogP contribution in [0.5, 0.6) is 0 Å². The van der Waals surface area contributed by atoms with E-state index in [0.717, 1.165) is 5.56 Å². The molecular weight excluding hydrogens is 284 g/mol. The van der Waals surface area contributed by atoms with Crippen LogP contribution in [0, 0.1) is 13.0 Å². The average molecular weight is 291 g/mol. The molecule has 1 aromatic rings. The van der Waals surface area contributed by atoms with Gasteiger partial charge in [0, 0.05) is 26.9 Å². The Hall–Kier alpha value is -0.362. The molecule has 48 valence electrons. The van der Waals surface area contributed by atoms with Gasteiger partial charge in [0.05, 0.1) is 0 Å². The van der Waals surface area contributed by atoms with Crippen LogP contribution in [0.4, 0.5) is 5.82 Å². The quantitative estimate of drug-likeness (QED) is 0.717. The summed E-state index contributed by atoms with van der Waals surface area (Å²) in [5, 5.41) is 0. The Bertz CT molecular complexity index is 167. The third kappa shape index (κ3) is 2.15. The maximum Gasteiger partial charge on any atom is 0.0409 e. The minimum atomic E-state index is 0. The first-order chi connectivity index (χ1) is 3.80. The molecule has 0 aliphatic heterocycles. The van der Waals surface area contributed by atoms with Crippen LogP contribution in [0.2, 0.25) is 0 Å². The summed E-state index contributed by atoms with van der Waals surface area (Å²) >= 11 is 0. The third-order valence-corrected chi connectivity index (χ3v) is 0.982. The Labute approximate surface area is 68.7 Å². The summed E-state index contributed by atoms with van der Waals surface area (Å²) in [6, 6.07) is 4.62. The second-order valence-electron chi connectivity index (χ2n) is 1.64. The van der Waals surface area contributed by atoms with Gasteiger partial charge in [0.25, 0.3) is 0 Å². The molecule has 0 aromatic carbocycles. The number of aryl methyl sites for hydroxylation is 1. The first-order valence-electron chi connectivity index (χ1n) is 2.39. The first-order valence-corrected chi connectivity index (χ1v) is 2.39. The number of rotatable bonds is 0. The first kappa shape index (κ1) is 8.64. The second kappa shape index (κ2) is 3.62. The largest absolute Gasteiger partial charge is 0.398 e. The zero-order chi connectivity index (χ0) is 5.98. The van der Waals surface area contributed by atoms with Gasteiger partial charge in [0.1, 0.15) is 0 Å². The van der Waals surface area contributed by atoms with E-state index in [-0.39, 0.29) is 21.1 Å². The van der Waals surface area contributed by atoms with Crippen molar-refractivity contribution in [2.45, 2.75) is 6.92 Å². The summed E-state index contributed by atoms with van der Waals surface area (Å²) in [5.41, 5.74) is 6.37. The van der Waals surface area contributed by atoms with E-state index < -0.39 is 0 Å². The molecule has 0 saturated carbocycles. The van der Waals surface area contributed by atoms with Crippen molar-refractivity contribution in [3.8, 4) is 0 Å². The molecule has 0 saturated heterocycles. The summed E-state index contributed by atoms with van der Waals surface area (Å²) in [6.45, 7) is 1.90. The molecule has 0 bridgehead atoms. The van der Waals surface area contributed by atoms with Crippen molar-refractivity contribution in [3.05, 3.63) is 23.9 Å². The molecule has 0 fully saturated rings. The van der Waals surface area contributed by atoms with E-state index in [1.54, 1.807) is 6.20 Å². The molecule has 0 radical (unpaired) electrons. The summed E-state index contributed by atoms with van der Waals surface area (Å²) < 4.78 is 0. The Morgan fingerprint density at radius 1 is 1.67 bits per heavy atom. The second-order valence-corrected chi connectivity index (χ2v) is 1.64. The molecule has 0 aliphatic rings. The van der Waals surface area contributed by atoms with Crippen LogP contribution < -0.4 is 5.73 Å². The third-order valence-electron chi connectivity index (χ3n) is 0.982. The molecule has 2 nitrogen and oxygen atoms in total. The van der Waals surface area contributed by atoms with Crippen LogP contribution in [-0.4, -0.2) is 4.98 Å². The molecule has 0 amide bonds. The predicted molar refractivity (Wildman–Crippen MR) is 32.2 cm³/mol. The van der Waals surface area contributed by atoms with E-state index in [1.807, 2.05) is 13.0 Å². The molecular formula is C6H7N2W-. The SMILES string of the molecule is Cc1c[c-]cnc1N.[W]. The maximum absolute atomic E-state index is 5.39. The van der Waals surface area contributed by atoms with Crippen molar-refractivity contribution < 1.29 is 21.1 Å². The molecule has 0 atom stereocenters. The Kier molecular flexibility index (Phi) is 3.48. The van der Waals surface area contributed by atoms with E-state index in [2.05, 4.69) is 11.1 Å². The number of anilines is 1. The van der Waals surface area contributed by atoms with E-state index in [9.17, 15) is 0 Å². The van der Waals surface area contributed by atoms with Crippen molar-refractivity contribution in [2.75, 3.05) is 5.73 Å². The Morgan fingerprint density at radius 2 is 2.33 bits per heavy atom. The van der Waals surface area contributed by atoms with Crippen LogP contribution in [0.25, 0.3) is 0 Å². The molecule has 0 unspecified atom stereocenters. The van der Waals surface area contributed by atoms with Crippen LogP contribution in [0.15, 0.2) is 12.3 Å². The van der Waals surface area contributed by atoms with Gasteiger partial charge in [-0.05, 0) is 0 Å². The number of nitrogens with two attached hydrogens (primary N) is 1. The number of nitrogens with zero attached hydrogens (tertiary/aromatic N) is 1. The summed E-state index contributed by atoms with van der Waals surface area (Å²) in [4.78, 5) is 3.80. The van der Waals surface area contributed by atoms with Crippen molar-refractivity contribution in [1.29, 1.82) is 0 Å². The standard InChI is InChI=1S/C6H7N2.W/c1-5-3-2-4-8-6(5)7;/h3-4H,1H3,(H2,7,8);/q-1;. The van der Waals surface area contributed by atoms with Gasteiger partial charge in [-0.3, -0.25) is 4.98 Å².